The van der Waals surface area contributed by atoms with Crippen LogP contribution >= 0.6 is 11.8 Å². The lowest BCUT2D eigenvalue weighted by Crippen LogP contribution is -2.16. The van der Waals surface area contributed by atoms with E-state index < -0.39 is 5.97 Å². The Labute approximate surface area is 132 Å². The fraction of sp³-hybridized carbons (Fsp3) is 0.188. The second-order valence-electron chi connectivity index (χ2n) is 4.76. The monoisotopic (exact) mass is 316 g/mol. The molecule has 22 heavy (non-hydrogen) atoms. The van der Waals surface area contributed by atoms with E-state index in [1.54, 1.807) is 6.07 Å². The standard InChI is InChI=1S/C16H16N2O3S/c1-10-5-3-6-11(2)14(10)18-13(19)9-22-15-12(16(20)21)7-4-8-17-15/h3-8H,9H2,1-2H3,(H,18,19)(H,20,21). The molecule has 0 aliphatic heterocycles. The van der Waals surface area contributed by atoms with Crippen molar-refractivity contribution < 1.29 is 14.7 Å². The Morgan fingerprint density at radius 3 is 2.50 bits per heavy atom. The molecule has 114 valence electrons. The van der Waals surface area contributed by atoms with E-state index in [0.717, 1.165) is 28.6 Å². The first kappa shape index (κ1) is 16.0. The van der Waals surface area contributed by atoms with Gasteiger partial charge in [0.05, 0.1) is 11.3 Å². The van der Waals surface area contributed by atoms with Gasteiger partial charge in [0.15, 0.2) is 0 Å². The van der Waals surface area contributed by atoms with E-state index in [9.17, 15) is 9.59 Å². The smallest absolute Gasteiger partial charge is 0.338 e. The van der Waals surface area contributed by atoms with Gasteiger partial charge in [-0.05, 0) is 37.1 Å². The number of carboxylic acids is 1. The zero-order valence-corrected chi connectivity index (χ0v) is 13.1. The normalized spacial score (nSPS) is 10.3. The summed E-state index contributed by atoms with van der Waals surface area (Å²) in [5, 5.41) is 12.3. The van der Waals surface area contributed by atoms with Crippen molar-refractivity contribution in [2.45, 2.75) is 18.9 Å². The zero-order valence-electron chi connectivity index (χ0n) is 12.3. The minimum atomic E-state index is -1.05. The van der Waals surface area contributed by atoms with Crippen molar-refractivity contribution in [3.8, 4) is 0 Å². The van der Waals surface area contributed by atoms with Gasteiger partial charge >= 0.3 is 5.97 Å². The van der Waals surface area contributed by atoms with E-state index >= 15 is 0 Å². The number of aromatic carboxylic acids is 1. The molecule has 6 heteroatoms. The summed E-state index contributed by atoms with van der Waals surface area (Å²) in [6.45, 7) is 3.86. The number of anilines is 1. The van der Waals surface area contributed by atoms with Crippen molar-refractivity contribution in [2.24, 2.45) is 0 Å². The molecular formula is C16H16N2O3S. The number of carboxylic acid groups (broad SMARTS) is 1. The summed E-state index contributed by atoms with van der Waals surface area (Å²) in [4.78, 5) is 27.2. The molecule has 1 amide bonds. The number of nitrogens with zero attached hydrogens (tertiary/aromatic N) is 1. The molecule has 0 unspecified atom stereocenters. The van der Waals surface area contributed by atoms with Gasteiger partial charge < -0.3 is 10.4 Å². The number of nitrogens with one attached hydrogen (secondary N) is 1. The first-order chi connectivity index (χ1) is 10.5. The van der Waals surface area contributed by atoms with Crippen LogP contribution in [0.1, 0.15) is 21.5 Å². The topological polar surface area (TPSA) is 79.3 Å². The quantitative estimate of drug-likeness (QED) is 0.829. The molecule has 5 nitrogen and oxygen atoms in total. The van der Waals surface area contributed by atoms with Gasteiger partial charge in [-0.1, -0.05) is 30.0 Å². The van der Waals surface area contributed by atoms with E-state index in [2.05, 4.69) is 10.3 Å². The minimum absolute atomic E-state index is 0.102. The van der Waals surface area contributed by atoms with E-state index in [-0.39, 0.29) is 17.2 Å². The number of para-hydroxylation sites is 1. The number of rotatable bonds is 5. The lowest BCUT2D eigenvalue weighted by atomic mass is 10.1. The molecule has 2 rings (SSSR count). The summed E-state index contributed by atoms with van der Waals surface area (Å²) in [7, 11) is 0. The van der Waals surface area contributed by atoms with Crippen molar-refractivity contribution in [2.75, 3.05) is 11.1 Å². The summed E-state index contributed by atoms with van der Waals surface area (Å²) < 4.78 is 0. The van der Waals surface area contributed by atoms with Gasteiger partial charge in [0.2, 0.25) is 5.91 Å². The zero-order chi connectivity index (χ0) is 16.1. The third-order valence-corrected chi connectivity index (χ3v) is 4.09. The third kappa shape index (κ3) is 3.85. The van der Waals surface area contributed by atoms with Gasteiger partial charge in [0.25, 0.3) is 0 Å². The molecule has 1 heterocycles. The molecule has 1 aromatic carbocycles. The second-order valence-corrected chi connectivity index (χ2v) is 5.73. The Bertz CT molecular complexity index is 696. The number of pyridine rings is 1. The Balaban J connectivity index is 2.04. The molecule has 0 radical (unpaired) electrons. The number of benzene rings is 1. The fourth-order valence-electron chi connectivity index (χ4n) is 1.99. The van der Waals surface area contributed by atoms with E-state index in [0.29, 0.717) is 5.03 Å². The Morgan fingerprint density at radius 1 is 1.18 bits per heavy atom. The van der Waals surface area contributed by atoms with Gasteiger partial charge in [-0.25, -0.2) is 9.78 Å². The van der Waals surface area contributed by atoms with E-state index in [1.165, 1.54) is 12.3 Å². The molecule has 0 aliphatic carbocycles. The molecule has 1 aromatic heterocycles. The molecule has 2 aromatic rings. The van der Waals surface area contributed by atoms with Crippen LogP contribution in [0.4, 0.5) is 5.69 Å². The minimum Gasteiger partial charge on any atom is -0.478 e. The van der Waals surface area contributed by atoms with Crippen LogP contribution in [0.15, 0.2) is 41.6 Å². The van der Waals surface area contributed by atoms with Crippen LogP contribution in [0.3, 0.4) is 0 Å². The van der Waals surface area contributed by atoms with Crippen LogP contribution in [0.2, 0.25) is 0 Å². The number of hydrogen-bond acceptors (Lipinski definition) is 4. The SMILES string of the molecule is Cc1cccc(C)c1NC(=O)CSc1ncccc1C(=O)O. The second kappa shape index (κ2) is 7.09. The van der Waals surface area contributed by atoms with Gasteiger partial charge in [-0.2, -0.15) is 0 Å². The lowest BCUT2D eigenvalue weighted by molar-refractivity contribution is -0.113. The summed E-state index contributed by atoms with van der Waals surface area (Å²) in [5.41, 5.74) is 2.88. The maximum Gasteiger partial charge on any atom is 0.338 e. The number of hydrogen-bond donors (Lipinski definition) is 2. The lowest BCUT2D eigenvalue weighted by Gasteiger charge is -2.11. The number of carbonyl (C=O) groups excluding carboxylic acids is 1. The molecule has 2 N–H and O–H groups in total. The highest BCUT2D eigenvalue weighted by molar-refractivity contribution is 8.00. The third-order valence-electron chi connectivity index (χ3n) is 3.09. The van der Waals surface area contributed by atoms with Crippen LogP contribution in [-0.4, -0.2) is 27.7 Å². The summed E-state index contributed by atoms with van der Waals surface area (Å²) in [6.07, 6.45) is 1.51. The Hall–Kier alpha value is -2.34. The number of aromatic nitrogens is 1. The average molecular weight is 316 g/mol. The molecule has 0 spiro atoms. The van der Waals surface area contributed by atoms with Crippen LogP contribution < -0.4 is 5.32 Å². The van der Waals surface area contributed by atoms with Crippen molar-refractivity contribution in [3.63, 3.8) is 0 Å². The highest BCUT2D eigenvalue weighted by Crippen LogP contribution is 2.22. The highest BCUT2D eigenvalue weighted by Gasteiger charge is 2.13. The largest absolute Gasteiger partial charge is 0.478 e. The maximum atomic E-state index is 12.1. The van der Waals surface area contributed by atoms with Gasteiger partial charge in [-0.15, -0.1) is 0 Å². The van der Waals surface area contributed by atoms with Crippen LogP contribution in [-0.2, 0) is 4.79 Å². The number of carbonyl (C=O) groups is 2. The van der Waals surface area contributed by atoms with Crippen molar-refractivity contribution >= 4 is 29.3 Å². The molecule has 0 aliphatic rings. The van der Waals surface area contributed by atoms with Crippen LogP contribution in [0, 0.1) is 13.8 Å². The van der Waals surface area contributed by atoms with Gasteiger partial charge in [0.1, 0.15) is 5.03 Å². The van der Waals surface area contributed by atoms with Crippen molar-refractivity contribution in [1.82, 2.24) is 4.98 Å². The van der Waals surface area contributed by atoms with Crippen LogP contribution in [0.25, 0.3) is 0 Å². The molecular weight excluding hydrogens is 300 g/mol. The predicted molar refractivity (Wildman–Crippen MR) is 86.5 cm³/mol. The predicted octanol–water partition coefficient (Wildman–Crippen LogP) is 3.13. The van der Waals surface area contributed by atoms with E-state index in [4.69, 9.17) is 5.11 Å². The summed E-state index contributed by atoms with van der Waals surface area (Å²) in [5.74, 6) is -1.14. The Kier molecular flexibility index (Phi) is 5.16. The first-order valence-corrected chi connectivity index (χ1v) is 7.64. The molecule has 0 fully saturated rings. The van der Waals surface area contributed by atoms with Gasteiger partial charge in [0, 0.05) is 11.9 Å². The fourth-order valence-corrected chi connectivity index (χ4v) is 2.78. The van der Waals surface area contributed by atoms with Crippen molar-refractivity contribution in [1.29, 1.82) is 0 Å². The van der Waals surface area contributed by atoms with Crippen LogP contribution in [0.5, 0.6) is 0 Å². The summed E-state index contributed by atoms with van der Waals surface area (Å²) in [6, 6.07) is 8.82. The van der Waals surface area contributed by atoms with E-state index in [1.807, 2.05) is 32.0 Å². The molecule has 0 saturated carbocycles. The maximum absolute atomic E-state index is 12.1. The van der Waals surface area contributed by atoms with Crippen molar-refractivity contribution in [3.05, 3.63) is 53.2 Å². The van der Waals surface area contributed by atoms with Gasteiger partial charge in [-0.3, -0.25) is 4.79 Å². The number of amides is 1. The Morgan fingerprint density at radius 2 is 1.86 bits per heavy atom. The molecule has 0 saturated heterocycles. The number of aryl methyl sites for hydroxylation is 2. The highest BCUT2D eigenvalue weighted by atomic mass is 32.2. The molecule has 0 bridgehead atoms. The average Bonchev–Trinajstić information content (AvgIpc) is 2.49. The number of thioether (sulfide) groups is 1. The first-order valence-electron chi connectivity index (χ1n) is 6.66. The summed E-state index contributed by atoms with van der Waals surface area (Å²) >= 11 is 1.11. The molecule has 0 atom stereocenters.